The zero-order valence-electron chi connectivity index (χ0n) is 16.1. The largest absolute Gasteiger partial charge is 0.480 e. The number of piperazine rings is 1. The van der Waals surface area contributed by atoms with E-state index in [0.29, 0.717) is 19.4 Å². The third-order valence-electron chi connectivity index (χ3n) is 5.91. The van der Waals surface area contributed by atoms with Gasteiger partial charge in [-0.05, 0) is 26.0 Å². The van der Waals surface area contributed by atoms with Crippen LogP contribution in [-0.2, 0) is 16.1 Å². The number of hydrogen-bond acceptors (Lipinski definition) is 5. The predicted octanol–water partition coefficient (Wildman–Crippen LogP) is 1.87. The van der Waals surface area contributed by atoms with Crippen molar-refractivity contribution in [2.75, 3.05) is 38.1 Å². The van der Waals surface area contributed by atoms with Gasteiger partial charge in [0.25, 0.3) is 0 Å². The maximum Gasteiger partial charge on any atom is 0.319 e. The van der Waals surface area contributed by atoms with E-state index in [0.717, 1.165) is 63.2 Å². The van der Waals surface area contributed by atoms with Crippen molar-refractivity contribution in [2.24, 2.45) is 5.41 Å². The van der Waals surface area contributed by atoms with Crippen LogP contribution in [0.3, 0.4) is 0 Å². The van der Waals surface area contributed by atoms with Crippen LogP contribution in [0.25, 0.3) is 0 Å². The Balaban J connectivity index is 1.70. The van der Waals surface area contributed by atoms with Gasteiger partial charge in [-0.3, -0.25) is 9.59 Å². The maximum absolute atomic E-state index is 12.9. The van der Waals surface area contributed by atoms with Gasteiger partial charge in [0.15, 0.2) is 0 Å². The summed E-state index contributed by atoms with van der Waals surface area (Å²) in [5.41, 5.74) is -0.350. The molecule has 7 nitrogen and oxygen atoms in total. The van der Waals surface area contributed by atoms with Crippen LogP contribution in [0.2, 0.25) is 0 Å². The first kappa shape index (κ1) is 19.6. The van der Waals surface area contributed by atoms with Crippen molar-refractivity contribution in [1.82, 2.24) is 15.2 Å². The highest BCUT2D eigenvalue weighted by Crippen LogP contribution is 2.36. The number of likely N-dealkylation sites (N-methyl/N-ethyl adjacent to an activating group) is 1. The van der Waals surface area contributed by atoms with Crippen molar-refractivity contribution in [3.8, 4) is 0 Å². The molecule has 0 aromatic carbocycles. The van der Waals surface area contributed by atoms with Crippen molar-refractivity contribution in [3.05, 3.63) is 23.9 Å². The molecule has 1 saturated carbocycles. The molecule has 3 rings (SSSR count). The lowest BCUT2D eigenvalue weighted by Gasteiger charge is -2.34. The van der Waals surface area contributed by atoms with Crippen molar-refractivity contribution < 1.29 is 14.7 Å². The Kier molecular flexibility index (Phi) is 6.31. The number of carboxylic acid groups (broad SMARTS) is 1. The number of aromatic nitrogens is 1. The zero-order valence-corrected chi connectivity index (χ0v) is 16.1. The summed E-state index contributed by atoms with van der Waals surface area (Å²) in [5, 5.41) is 12.7. The SMILES string of the molecule is CN1CCN(c2ncccc2CNC(=O)C2(C(=O)O)CCCCCC2)CC1. The van der Waals surface area contributed by atoms with Crippen LogP contribution in [0, 0.1) is 5.41 Å². The van der Waals surface area contributed by atoms with E-state index in [1.54, 1.807) is 6.20 Å². The molecular formula is C20H30N4O3. The summed E-state index contributed by atoms with van der Waals surface area (Å²) in [6, 6.07) is 3.82. The van der Waals surface area contributed by atoms with Crippen molar-refractivity contribution in [1.29, 1.82) is 0 Å². The molecule has 0 unspecified atom stereocenters. The Morgan fingerprint density at radius 1 is 1.15 bits per heavy atom. The van der Waals surface area contributed by atoms with Gasteiger partial charge in [0.1, 0.15) is 11.2 Å². The third kappa shape index (κ3) is 4.40. The highest BCUT2D eigenvalue weighted by molar-refractivity contribution is 6.01. The van der Waals surface area contributed by atoms with Crippen LogP contribution in [0.4, 0.5) is 5.82 Å². The molecule has 0 radical (unpaired) electrons. The summed E-state index contributed by atoms with van der Waals surface area (Å²) in [4.78, 5) is 33.9. The number of pyridine rings is 1. The average molecular weight is 374 g/mol. The van der Waals surface area contributed by atoms with E-state index in [-0.39, 0.29) is 5.91 Å². The van der Waals surface area contributed by atoms with Crippen molar-refractivity contribution in [2.45, 2.75) is 45.1 Å². The minimum Gasteiger partial charge on any atom is -0.480 e. The lowest BCUT2D eigenvalue weighted by Crippen LogP contribution is -2.47. The number of nitrogens with one attached hydrogen (secondary N) is 1. The van der Waals surface area contributed by atoms with E-state index in [1.165, 1.54) is 0 Å². The van der Waals surface area contributed by atoms with E-state index in [2.05, 4.69) is 27.1 Å². The maximum atomic E-state index is 12.9. The molecule has 1 saturated heterocycles. The highest BCUT2D eigenvalue weighted by Gasteiger charge is 2.45. The van der Waals surface area contributed by atoms with Gasteiger partial charge in [-0.2, -0.15) is 0 Å². The van der Waals surface area contributed by atoms with Gasteiger partial charge >= 0.3 is 5.97 Å². The van der Waals surface area contributed by atoms with E-state index in [4.69, 9.17) is 0 Å². The number of amides is 1. The molecule has 2 heterocycles. The molecule has 0 spiro atoms. The average Bonchev–Trinajstić information content (AvgIpc) is 2.94. The van der Waals surface area contributed by atoms with Gasteiger partial charge in [-0.1, -0.05) is 31.7 Å². The monoisotopic (exact) mass is 374 g/mol. The molecule has 2 fully saturated rings. The lowest BCUT2D eigenvalue weighted by molar-refractivity contribution is -0.157. The molecule has 1 aliphatic carbocycles. The number of carboxylic acids is 1. The number of nitrogens with zero attached hydrogens (tertiary/aromatic N) is 3. The number of rotatable bonds is 5. The second kappa shape index (κ2) is 8.69. The quantitative estimate of drug-likeness (QED) is 0.605. The van der Waals surface area contributed by atoms with Crippen LogP contribution < -0.4 is 10.2 Å². The second-order valence-corrected chi connectivity index (χ2v) is 7.76. The summed E-state index contributed by atoms with van der Waals surface area (Å²) in [7, 11) is 2.11. The first-order valence-corrected chi connectivity index (χ1v) is 9.92. The molecule has 0 bridgehead atoms. The lowest BCUT2D eigenvalue weighted by atomic mass is 9.79. The van der Waals surface area contributed by atoms with E-state index in [9.17, 15) is 14.7 Å². The van der Waals surface area contributed by atoms with Gasteiger partial charge < -0.3 is 20.2 Å². The summed E-state index contributed by atoms with van der Waals surface area (Å²) in [6.07, 6.45) is 6.19. The van der Waals surface area contributed by atoms with Crippen molar-refractivity contribution >= 4 is 17.7 Å². The van der Waals surface area contributed by atoms with Gasteiger partial charge in [-0.25, -0.2) is 4.98 Å². The molecule has 1 aliphatic heterocycles. The molecular weight excluding hydrogens is 344 g/mol. The molecule has 27 heavy (non-hydrogen) atoms. The Morgan fingerprint density at radius 2 is 1.81 bits per heavy atom. The fraction of sp³-hybridized carbons (Fsp3) is 0.650. The van der Waals surface area contributed by atoms with E-state index < -0.39 is 11.4 Å². The molecule has 7 heteroatoms. The minimum absolute atomic E-state index is 0.309. The Bertz CT molecular complexity index is 663. The molecule has 0 atom stereocenters. The van der Waals surface area contributed by atoms with E-state index in [1.807, 2.05) is 12.1 Å². The smallest absolute Gasteiger partial charge is 0.319 e. The number of carbonyl (C=O) groups excluding carboxylic acids is 1. The predicted molar refractivity (Wildman–Crippen MR) is 104 cm³/mol. The standard InChI is InChI=1S/C20H30N4O3/c1-23-11-13-24(14-12-23)17-16(7-6-10-21-17)15-22-18(25)20(19(26)27)8-4-2-3-5-9-20/h6-7,10H,2-5,8-9,11-15H2,1H3,(H,22,25)(H,26,27). The number of carbonyl (C=O) groups is 2. The Morgan fingerprint density at radius 3 is 2.44 bits per heavy atom. The highest BCUT2D eigenvalue weighted by atomic mass is 16.4. The van der Waals surface area contributed by atoms with Gasteiger partial charge in [0.05, 0.1) is 0 Å². The van der Waals surface area contributed by atoms with Crippen LogP contribution in [0.5, 0.6) is 0 Å². The van der Waals surface area contributed by atoms with Gasteiger partial charge in [-0.15, -0.1) is 0 Å². The molecule has 1 aromatic heterocycles. The minimum atomic E-state index is -1.29. The van der Waals surface area contributed by atoms with Crippen LogP contribution in [0.15, 0.2) is 18.3 Å². The van der Waals surface area contributed by atoms with Crippen LogP contribution in [-0.4, -0.2) is 60.1 Å². The topological polar surface area (TPSA) is 85.8 Å². The number of hydrogen-bond donors (Lipinski definition) is 2. The number of aliphatic carboxylic acids is 1. The van der Waals surface area contributed by atoms with Gasteiger partial charge in [0.2, 0.25) is 5.91 Å². The second-order valence-electron chi connectivity index (χ2n) is 7.76. The normalized spacial score (nSPS) is 20.7. The molecule has 148 valence electrons. The molecule has 2 N–H and O–H groups in total. The molecule has 2 aliphatic rings. The van der Waals surface area contributed by atoms with Crippen LogP contribution >= 0.6 is 0 Å². The fourth-order valence-corrected chi connectivity index (χ4v) is 4.09. The molecule has 1 amide bonds. The first-order chi connectivity index (χ1) is 13.0. The summed E-state index contributed by atoms with van der Waals surface area (Å²) < 4.78 is 0. The number of anilines is 1. The van der Waals surface area contributed by atoms with Crippen molar-refractivity contribution in [3.63, 3.8) is 0 Å². The van der Waals surface area contributed by atoms with Crippen LogP contribution in [0.1, 0.15) is 44.1 Å². The first-order valence-electron chi connectivity index (χ1n) is 9.92. The molecule has 1 aromatic rings. The summed E-state index contributed by atoms with van der Waals surface area (Å²) >= 11 is 0. The fourth-order valence-electron chi connectivity index (χ4n) is 4.09. The summed E-state index contributed by atoms with van der Waals surface area (Å²) in [5.74, 6) is -0.464. The van der Waals surface area contributed by atoms with E-state index >= 15 is 0 Å². The zero-order chi connectivity index (χ0) is 19.3. The Labute approximate surface area is 160 Å². The van der Waals surface area contributed by atoms with Gasteiger partial charge in [0, 0.05) is 44.5 Å². The third-order valence-corrected chi connectivity index (χ3v) is 5.91. The Hall–Kier alpha value is -2.15. The summed E-state index contributed by atoms with van der Waals surface area (Å²) in [6.45, 7) is 4.05.